The third-order valence-electron chi connectivity index (χ3n) is 3.30. The molecule has 4 nitrogen and oxygen atoms in total. The van der Waals surface area contributed by atoms with E-state index >= 15 is 0 Å². The van der Waals surface area contributed by atoms with Gasteiger partial charge in [-0.1, -0.05) is 18.2 Å². The summed E-state index contributed by atoms with van der Waals surface area (Å²) in [6.07, 6.45) is 0. The van der Waals surface area contributed by atoms with Gasteiger partial charge >= 0.3 is 0 Å². The van der Waals surface area contributed by atoms with Crippen LogP contribution in [-0.2, 0) is 9.59 Å². The number of carbonyl (C=O) groups is 2. The van der Waals surface area contributed by atoms with Crippen LogP contribution in [0, 0.1) is 11.8 Å². The summed E-state index contributed by atoms with van der Waals surface area (Å²) in [5.41, 5.74) is 0.687. The summed E-state index contributed by atoms with van der Waals surface area (Å²) >= 11 is 0. The van der Waals surface area contributed by atoms with Gasteiger partial charge in [0, 0.05) is 13.1 Å². The van der Waals surface area contributed by atoms with Gasteiger partial charge in [0.25, 0.3) is 0 Å². The van der Waals surface area contributed by atoms with Crippen molar-refractivity contribution in [1.29, 1.82) is 0 Å². The molecule has 2 aliphatic rings. The number of rotatable bonds is 1. The number of anilines is 1. The van der Waals surface area contributed by atoms with Gasteiger partial charge < -0.3 is 5.32 Å². The molecule has 2 atom stereocenters. The summed E-state index contributed by atoms with van der Waals surface area (Å²) in [5, 5.41) is 3.09. The summed E-state index contributed by atoms with van der Waals surface area (Å²) in [4.78, 5) is 25.5. The van der Waals surface area contributed by atoms with E-state index in [1.165, 1.54) is 4.90 Å². The van der Waals surface area contributed by atoms with Gasteiger partial charge in [0.15, 0.2) is 0 Å². The second-order valence-corrected chi connectivity index (χ2v) is 4.22. The maximum absolute atomic E-state index is 12.1. The van der Waals surface area contributed by atoms with Crippen LogP contribution in [0.3, 0.4) is 0 Å². The van der Waals surface area contributed by atoms with E-state index in [1.807, 2.05) is 18.2 Å². The molecule has 0 radical (unpaired) electrons. The van der Waals surface area contributed by atoms with E-state index in [-0.39, 0.29) is 23.7 Å². The molecule has 16 heavy (non-hydrogen) atoms. The molecule has 2 fully saturated rings. The molecule has 2 unspecified atom stereocenters. The molecule has 0 bridgehead atoms. The number of hydrogen-bond acceptors (Lipinski definition) is 3. The number of imide groups is 1. The van der Waals surface area contributed by atoms with Crippen LogP contribution in [0.25, 0.3) is 0 Å². The van der Waals surface area contributed by atoms with Gasteiger partial charge in [0.2, 0.25) is 11.8 Å². The van der Waals surface area contributed by atoms with Crippen molar-refractivity contribution in [3.63, 3.8) is 0 Å². The standard InChI is InChI=1S/C12H12N2O2/c15-11-9-6-13-7-10(9)12(16)14(11)8-4-2-1-3-5-8/h1-5,9-10,13H,6-7H2. The zero-order valence-corrected chi connectivity index (χ0v) is 8.72. The Morgan fingerprint density at radius 2 is 1.56 bits per heavy atom. The average molecular weight is 216 g/mol. The Labute approximate surface area is 93.2 Å². The zero-order chi connectivity index (χ0) is 11.1. The maximum atomic E-state index is 12.1. The maximum Gasteiger partial charge on any atom is 0.239 e. The first kappa shape index (κ1) is 9.54. The Kier molecular flexibility index (Phi) is 2.04. The second kappa shape index (κ2) is 3.42. The number of fused-ring (bicyclic) bond motifs is 1. The fourth-order valence-corrected chi connectivity index (χ4v) is 2.47. The van der Waals surface area contributed by atoms with E-state index in [4.69, 9.17) is 0 Å². The lowest BCUT2D eigenvalue weighted by atomic mass is 10.00. The van der Waals surface area contributed by atoms with Crippen LogP contribution in [-0.4, -0.2) is 24.9 Å². The Balaban J connectivity index is 1.98. The van der Waals surface area contributed by atoms with Crippen LogP contribution in [0.4, 0.5) is 5.69 Å². The normalized spacial score (nSPS) is 28.6. The number of nitrogens with zero attached hydrogens (tertiary/aromatic N) is 1. The van der Waals surface area contributed by atoms with Crippen molar-refractivity contribution < 1.29 is 9.59 Å². The molecular weight excluding hydrogens is 204 g/mol. The van der Waals surface area contributed by atoms with Crippen LogP contribution < -0.4 is 10.2 Å². The van der Waals surface area contributed by atoms with E-state index in [1.54, 1.807) is 12.1 Å². The van der Waals surface area contributed by atoms with Crippen LogP contribution in [0.5, 0.6) is 0 Å². The molecule has 0 spiro atoms. The molecule has 2 amide bonds. The molecule has 3 rings (SSSR count). The number of para-hydroxylation sites is 1. The predicted octanol–water partition coefficient (Wildman–Crippen LogP) is 0.395. The summed E-state index contributed by atoms with van der Waals surface area (Å²) in [5.74, 6) is -0.446. The average Bonchev–Trinajstić information content (AvgIpc) is 2.86. The number of carbonyl (C=O) groups excluding carboxylic acids is 2. The summed E-state index contributed by atoms with van der Waals surface area (Å²) in [7, 11) is 0. The highest BCUT2D eigenvalue weighted by Gasteiger charge is 2.50. The smallest absolute Gasteiger partial charge is 0.239 e. The van der Waals surface area contributed by atoms with Crippen LogP contribution in [0.2, 0.25) is 0 Å². The topological polar surface area (TPSA) is 49.4 Å². The molecule has 82 valence electrons. The van der Waals surface area contributed by atoms with E-state index < -0.39 is 0 Å². The van der Waals surface area contributed by atoms with Crippen molar-refractivity contribution in [2.24, 2.45) is 11.8 Å². The van der Waals surface area contributed by atoms with Gasteiger partial charge in [-0.15, -0.1) is 0 Å². The van der Waals surface area contributed by atoms with E-state index in [9.17, 15) is 9.59 Å². The molecule has 1 N–H and O–H groups in total. The van der Waals surface area contributed by atoms with E-state index in [2.05, 4.69) is 5.32 Å². The van der Waals surface area contributed by atoms with Gasteiger partial charge in [-0.3, -0.25) is 9.59 Å². The Hall–Kier alpha value is -1.68. The lowest BCUT2D eigenvalue weighted by Crippen LogP contribution is -2.34. The van der Waals surface area contributed by atoms with Crippen molar-refractivity contribution in [3.05, 3.63) is 30.3 Å². The first-order valence-corrected chi connectivity index (χ1v) is 5.42. The molecule has 0 saturated carbocycles. The lowest BCUT2D eigenvalue weighted by Gasteiger charge is -2.15. The van der Waals surface area contributed by atoms with Crippen LogP contribution in [0.15, 0.2) is 30.3 Å². The number of nitrogens with one attached hydrogen (secondary N) is 1. The number of hydrogen-bond donors (Lipinski definition) is 1. The minimum atomic E-state index is -0.160. The highest BCUT2D eigenvalue weighted by atomic mass is 16.2. The van der Waals surface area contributed by atoms with E-state index in [0.29, 0.717) is 18.8 Å². The molecule has 4 heteroatoms. The zero-order valence-electron chi connectivity index (χ0n) is 8.72. The third kappa shape index (κ3) is 1.20. The van der Waals surface area contributed by atoms with Gasteiger partial charge in [-0.25, -0.2) is 4.90 Å². The Morgan fingerprint density at radius 1 is 1.00 bits per heavy atom. The highest BCUT2D eigenvalue weighted by molar-refractivity contribution is 6.22. The van der Waals surface area contributed by atoms with Gasteiger partial charge in [0.05, 0.1) is 17.5 Å². The SMILES string of the molecule is O=C1C2CNCC2C(=O)N1c1ccccc1. The molecule has 2 aliphatic heterocycles. The third-order valence-corrected chi connectivity index (χ3v) is 3.30. The van der Waals surface area contributed by atoms with Crippen molar-refractivity contribution in [2.75, 3.05) is 18.0 Å². The quantitative estimate of drug-likeness (QED) is 0.691. The van der Waals surface area contributed by atoms with Crippen molar-refractivity contribution in [3.8, 4) is 0 Å². The molecule has 0 aromatic heterocycles. The molecule has 1 aromatic rings. The van der Waals surface area contributed by atoms with Gasteiger partial charge in [-0.05, 0) is 12.1 Å². The fraction of sp³-hybridized carbons (Fsp3) is 0.333. The van der Waals surface area contributed by atoms with Gasteiger partial charge in [-0.2, -0.15) is 0 Å². The van der Waals surface area contributed by atoms with Crippen molar-refractivity contribution >= 4 is 17.5 Å². The Morgan fingerprint density at radius 3 is 2.12 bits per heavy atom. The number of amides is 2. The highest BCUT2D eigenvalue weighted by Crippen LogP contribution is 2.32. The number of benzene rings is 1. The van der Waals surface area contributed by atoms with Crippen molar-refractivity contribution in [1.82, 2.24) is 5.32 Å². The minimum absolute atomic E-state index is 0.0637. The molecule has 1 aromatic carbocycles. The largest absolute Gasteiger partial charge is 0.315 e. The molecular formula is C12H12N2O2. The molecule has 0 aliphatic carbocycles. The van der Waals surface area contributed by atoms with Crippen molar-refractivity contribution in [2.45, 2.75) is 0 Å². The second-order valence-electron chi connectivity index (χ2n) is 4.22. The van der Waals surface area contributed by atoms with Crippen LogP contribution >= 0.6 is 0 Å². The Bertz CT molecular complexity index is 422. The van der Waals surface area contributed by atoms with E-state index in [0.717, 1.165) is 0 Å². The fourth-order valence-electron chi connectivity index (χ4n) is 2.47. The summed E-state index contributed by atoms with van der Waals surface area (Å²) in [6, 6.07) is 9.13. The molecule has 2 saturated heterocycles. The van der Waals surface area contributed by atoms with Crippen LogP contribution in [0.1, 0.15) is 0 Å². The monoisotopic (exact) mass is 216 g/mol. The first-order valence-electron chi connectivity index (χ1n) is 5.42. The summed E-state index contributed by atoms with van der Waals surface area (Å²) in [6.45, 7) is 1.25. The first-order chi connectivity index (χ1) is 7.79. The molecule has 2 heterocycles. The predicted molar refractivity (Wildman–Crippen MR) is 58.8 cm³/mol. The lowest BCUT2D eigenvalue weighted by molar-refractivity contribution is -0.122. The summed E-state index contributed by atoms with van der Waals surface area (Å²) < 4.78 is 0. The van der Waals surface area contributed by atoms with Gasteiger partial charge in [0.1, 0.15) is 0 Å². The minimum Gasteiger partial charge on any atom is -0.315 e.